The number of aromatic nitrogens is 1. The molecule has 1 N–H and O–H groups in total. The quantitative estimate of drug-likeness (QED) is 0.721. The molecule has 128 valence electrons. The molecule has 3 rings (SSSR count). The van der Waals surface area contributed by atoms with Gasteiger partial charge in [-0.1, -0.05) is 29.8 Å². The molecule has 0 saturated heterocycles. The van der Waals surface area contributed by atoms with Gasteiger partial charge >= 0.3 is 0 Å². The Labute approximate surface area is 151 Å². The molecule has 1 aromatic heterocycles. The van der Waals surface area contributed by atoms with Crippen molar-refractivity contribution < 1.29 is 9.53 Å². The number of carbonyl (C=O) groups excluding carboxylic acids is 1. The number of aryl methyl sites for hydroxylation is 3. The number of hydrogen-bond acceptors (Lipinski definition) is 4. The molecule has 0 saturated carbocycles. The Morgan fingerprint density at radius 1 is 1.12 bits per heavy atom. The topological polar surface area (TPSA) is 51.2 Å². The number of ether oxygens (including phenoxy) is 1. The fraction of sp³-hybridized carbons (Fsp3) is 0.200. The molecule has 0 unspecified atom stereocenters. The van der Waals surface area contributed by atoms with Gasteiger partial charge in [0.1, 0.15) is 5.75 Å². The summed E-state index contributed by atoms with van der Waals surface area (Å²) in [7, 11) is 0. The van der Waals surface area contributed by atoms with Crippen LogP contribution in [0, 0.1) is 20.8 Å². The molecule has 0 spiro atoms. The number of benzene rings is 2. The zero-order valence-electron chi connectivity index (χ0n) is 14.5. The van der Waals surface area contributed by atoms with E-state index in [1.807, 2.05) is 36.6 Å². The van der Waals surface area contributed by atoms with Gasteiger partial charge in [0.25, 0.3) is 5.91 Å². The van der Waals surface area contributed by atoms with Crippen LogP contribution in [-0.2, 0) is 4.79 Å². The highest BCUT2D eigenvalue weighted by atomic mass is 32.1. The number of carbonyl (C=O) groups is 1. The summed E-state index contributed by atoms with van der Waals surface area (Å²) in [6.45, 7) is 6.06. The number of nitrogens with one attached hydrogen (secondary N) is 1. The predicted octanol–water partition coefficient (Wildman–Crippen LogP) is 4.75. The highest BCUT2D eigenvalue weighted by Gasteiger charge is 2.10. The van der Waals surface area contributed by atoms with Crippen molar-refractivity contribution in [2.45, 2.75) is 20.8 Å². The van der Waals surface area contributed by atoms with E-state index < -0.39 is 0 Å². The third-order valence-corrected chi connectivity index (χ3v) is 4.54. The minimum Gasteiger partial charge on any atom is -0.484 e. The van der Waals surface area contributed by atoms with Gasteiger partial charge in [0.05, 0.1) is 5.69 Å². The Morgan fingerprint density at radius 3 is 2.72 bits per heavy atom. The maximum absolute atomic E-state index is 12.1. The van der Waals surface area contributed by atoms with Gasteiger partial charge in [0.2, 0.25) is 0 Å². The van der Waals surface area contributed by atoms with Crippen molar-refractivity contribution in [3.05, 3.63) is 64.5 Å². The lowest BCUT2D eigenvalue weighted by atomic mass is 10.0. The van der Waals surface area contributed by atoms with E-state index in [9.17, 15) is 4.79 Å². The Morgan fingerprint density at radius 2 is 1.92 bits per heavy atom. The van der Waals surface area contributed by atoms with Crippen molar-refractivity contribution in [2.75, 3.05) is 11.9 Å². The molecule has 1 heterocycles. The number of amides is 1. The van der Waals surface area contributed by atoms with Crippen LogP contribution in [0.3, 0.4) is 0 Å². The number of rotatable bonds is 5. The number of hydrogen-bond donors (Lipinski definition) is 1. The van der Waals surface area contributed by atoms with E-state index in [0.717, 1.165) is 22.4 Å². The molecule has 5 heteroatoms. The first-order valence-corrected chi connectivity index (χ1v) is 8.92. The minimum atomic E-state index is -0.219. The van der Waals surface area contributed by atoms with Gasteiger partial charge in [0, 0.05) is 10.9 Å². The largest absolute Gasteiger partial charge is 0.484 e. The Balaban J connectivity index is 1.63. The monoisotopic (exact) mass is 352 g/mol. The van der Waals surface area contributed by atoms with Crippen LogP contribution in [0.4, 0.5) is 5.13 Å². The second-order valence-electron chi connectivity index (χ2n) is 6.01. The van der Waals surface area contributed by atoms with E-state index in [2.05, 4.69) is 42.3 Å². The van der Waals surface area contributed by atoms with Crippen LogP contribution in [-0.4, -0.2) is 17.5 Å². The Bertz CT molecular complexity index is 902. The smallest absolute Gasteiger partial charge is 0.264 e. The molecule has 0 aliphatic rings. The lowest BCUT2D eigenvalue weighted by Gasteiger charge is -2.06. The molecule has 0 fully saturated rings. The fourth-order valence-electron chi connectivity index (χ4n) is 2.48. The van der Waals surface area contributed by atoms with Crippen LogP contribution in [0.5, 0.6) is 5.75 Å². The molecule has 1 amide bonds. The Kier molecular flexibility index (Phi) is 5.14. The summed E-state index contributed by atoms with van der Waals surface area (Å²) in [5, 5.41) is 5.33. The van der Waals surface area contributed by atoms with Gasteiger partial charge in [-0.15, -0.1) is 11.3 Å². The van der Waals surface area contributed by atoms with Crippen LogP contribution in [0.1, 0.15) is 16.7 Å². The van der Waals surface area contributed by atoms with Crippen molar-refractivity contribution in [1.29, 1.82) is 0 Å². The summed E-state index contributed by atoms with van der Waals surface area (Å²) in [4.78, 5) is 16.6. The maximum Gasteiger partial charge on any atom is 0.264 e. The lowest BCUT2D eigenvalue weighted by Crippen LogP contribution is -2.20. The van der Waals surface area contributed by atoms with E-state index in [4.69, 9.17) is 4.74 Å². The summed E-state index contributed by atoms with van der Waals surface area (Å²) < 4.78 is 5.51. The molecule has 25 heavy (non-hydrogen) atoms. The molecule has 0 radical (unpaired) electrons. The van der Waals surface area contributed by atoms with Gasteiger partial charge in [-0.25, -0.2) is 4.98 Å². The van der Waals surface area contributed by atoms with Gasteiger partial charge < -0.3 is 4.74 Å². The Hall–Kier alpha value is -2.66. The van der Waals surface area contributed by atoms with Crippen molar-refractivity contribution in [1.82, 2.24) is 4.98 Å². The highest BCUT2D eigenvalue weighted by Crippen LogP contribution is 2.28. The van der Waals surface area contributed by atoms with Crippen molar-refractivity contribution in [3.63, 3.8) is 0 Å². The average Bonchev–Trinajstić information content (AvgIpc) is 3.03. The van der Waals surface area contributed by atoms with Crippen molar-refractivity contribution in [3.8, 4) is 17.0 Å². The number of nitrogens with zero attached hydrogens (tertiary/aromatic N) is 1. The molecule has 0 bridgehead atoms. The first kappa shape index (κ1) is 17.2. The second kappa shape index (κ2) is 7.49. The minimum absolute atomic E-state index is 0.0398. The zero-order chi connectivity index (χ0) is 17.8. The summed E-state index contributed by atoms with van der Waals surface area (Å²) in [5.41, 5.74) is 5.41. The normalized spacial score (nSPS) is 10.5. The standard InChI is InChI=1S/C20H20N2O2S/c1-13-5-4-6-16(9-13)24-11-19(23)22-20-21-18(12-25-20)17-10-14(2)7-8-15(17)3/h4-10,12H,11H2,1-3H3,(H,21,22,23). The number of anilines is 1. The van der Waals surface area contributed by atoms with E-state index >= 15 is 0 Å². The fourth-order valence-corrected chi connectivity index (χ4v) is 3.20. The first-order chi connectivity index (χ1) is 12.0. The molecule has 3 aromatic rings. The van der Waals surface area contributed by atoms with Crippen LogP contribution in [0.15, 0.2) is 47.8 Å². The van der Waals surface area contributed by atoms with Crippen molar-refractivity contribution in [2.24, 2.45) is 0 Å². The van der Waals surface area contributed by atoms with E-state index in [-0.39, 0.29) is 12.5 Å². The molecule has 0 atom stereocenters. The van der Waals surface area contributed by atoms with Crippen LogP contribution >= 0.6 is 11.3 Å². The van der Waals surface area contributed by atoms with Crippen LogP contribution in [0.25, 0.3) is 11.3 Å². The third-order valence-electron chi connectivity index (χ3n) is 3.78. The summed E-state index contributed by atoms with van der Waals surface area (Å²) in [5.74, 6) is 0.466. The molecule has 2 aromatic carbocycles. The first-order valence-electron chi connectivity index (χ1n) is 8.04. The molecule has 0 aliphatic heterocycles. The molecular weight excluding hydrogens is 332 g/mol. The van der Waals surface area contributed by atoms with Gasteiger partial charge in [-0.05, 0) is 50.1 Å². The predicted molar refractivity (Wildman–Crippen MR) is 102 cm³/mol. The van der Waals surface area contributed by atoms with Crippen LogP contribution < -0.4 is 10.1 Å². The van der Waals surface area contributed by atoms with Crippen molar-refractivity contribution >= 4 is 22.4 Å². The highest BCUT2D eigenvalue weighted by molar-refractivity contribution is 7.14. The summed E-state index contributed by atoms with van der Waals surface area (Å²) >= 11 is 1.41. The van der Waals surface area contributed by atoms with E-state index in [1.165, 1.54) is 16.9 Å². The maximum atomic E-state index is 12.1. The lowest BCUT2D eigenvalue weighted by molar-refractivity contribution is -0.118. The SMILES string of the molecule is Cc1cccc(OCC(=O)Nc2nc(-c3cc(C)ccc3C)cs2)c1. The number of thiazole rings is 1. The summed E-state index contributed by atoms with van der Waals surface area (Å²) in [6.07, 6.45) is 0. The second-order valence-corrected chi connectivity index (χ2v) is 6.87. The van der Waals surface area contributed by atoms with Gasteiger partial charge in [-0.3, -0.25) is 10.1 Å². The van der Waals surface area contributed by atoms with Gasteiger partial charge in [-0.2, -0.15) is 0 Å². The van der Waals surface area contributed by atoms with E-state index in [1.54, 1.807) is 0 Å². The molecule has 0 aliphatic carbocycles. The third kappa shape index (κ3) is 4.45. The van der Waals surface area contributed by atoms with E-state index in [0.29, 0.717) is 10.9 Å². The molecule has 4 nitrogen and oxygen atoms in total. The zero-order valence-corrected chi connectivity index (χ0v) is 15.3. The van der Waals surface area contributed by atoms with Gasteiger partial charge in [0.15, 0.2) is 11.7 Å². The molecular formula is C20H20N2O2S. The average molecular weight is 352 g/mol. The summed E-state index contributed by atoms with van der Waals surface area (Å²) in [6, 6.07) is 13.9. The van der Waals surface area contributed by atoms with Crippen LogP contribution in [0.2, 0.25) is 0 Å².